The maximum atomic E-state index is 14.0. The molecular weight excluding hydrogens is 394 g/mol. The molecule has 1 unspecified atom stereocenters. The number of anilines is 1. The van der Waals surface area contributed by atoms with E-state index >= 15 is 0 Å². The van der Waals surface area contributed by atoms with Crippen LogP contribution in [0.5, 0.6) is 0 Å². The van der Waals surface area contributed by atoms with Crippen molar-refractivity contribution in [3.8, 4) is 0 Å². The second kappa shape index (κ2) is 9.51. The molecule has 0 aliphatic carbocycles. The Morgan fingerprint density at radius 2 is 1.77 bits per heavy atom. The van der Waals surface area contributed by atoms with Crippen LogP contribution < -0.4 is 4.90 Å². The lowest BCUT2D eigenvalue weighted by molar-refractivity contribution is -0.138. The molecule has 9 heteroatoms. The Labute approximate surface area is 175 Å². The number of nitrogens with zero attached hydrogens (tertiary/aromatic N) is 4. The van der Waals surface area contributed by atoms with Crippen LogP contribution in [0.4, 0.5) is 14.5 Å². The fourth-order valence-electron chi connectivity index (χ4n) is 4.06. The summed E-state index contributed by atoms with van der Waals surface area (Å²) in [6.45, 7) is 7.82. The van der Waals surface area contributed by atoms with Crippen molar-refractivity contribution in [2.45, 2.75) is 20.3 Å². The minimum absolute atomic E-state index is 0.00330. The van der Waals surface area contributed by atoms with Gasteiger partial charge in [0.1, 0.15) is 11.6 Å². The Balaban J connectivity index is 1.54. The SMILES string of the molecule is CCN(CC)C(=O)CN1CCN(C(=O)C2CC(=O)N(c3ccc(F)cc3F)C2)CC1. The van der Waals surface area contributed by atoms with Crippen LogP contribution in [0.25, 0.3) is 0 Å². The van der Waals surface area contributed by atoms with E-state index < -0.39 is 17.6 Å². The summed E-state index contributed by atoms with van der Waals surface area (Å²) in [5.41, 5.74) is -0.00330. The predicted octanol–water partition coefficient (Wildman–Crippen LogP) is 1.33. The average Bonchev–Trinajstić information content (AvgIpc) is 3.10. The summed E-state index contributed by atoms with van der Waals surface area (Å²) in [5, 5.41) is 0. The zero-order valence-corrected chi connectivity index (χ0v) is 17.4. The van der Waals surface area contributed by atoms with E-state index in [4.69, 9.17) is 0 Å². The number of amides is 3. The zero-order chi connectivity index (χ0) is 21.8. The predicted molar refractivity (Wildman–Crippen MR) is 108 cm³/mol. The van der Waals surface area contributed by atoms with Crippen LogP contribution in [0, 0.1) is 17.6 Å². The summed E-state index contributed by atoms with van der Waals surface area (Å²) in [6, 6.07) is 3.05. The standard InChI is InChI=1S/C21H28F2N4O3/c1-3-25(4-2)20(29)14-24-7-9-26(10-8-24)21(30)15-11-19(28)27(13-15)18-6-5-16(22)12-17(18)23/h5-6,12,15H,3-4,7-11,13-14H2,1-2H3. The van der Waals surface area contributed by atoms with Gasteiger partial charge in [-0.25, -0.2) is 8.78 Å². The third-order valence-electron chi connectivity index (χ3n) is 5.83. The van der Waals surface area contributed by atoms with Crippen molar-refractivity contribution in [2.75, 3.05) is 57.3 Å². The van der Waals surface area contributed by atoms with E-state index in [2.05, 4.69) is 0 Å². The Morgan fingerprint density at radius 3 is 2.37 bits per heavy atom. The van der Waals surface area contributed by atoms with Crippen LogP contribution in [-0.4, -0.2) is 84.8 Å². The first kappa shape index (κ1) is 22.1. The van der Waals surface area contributed by atoms with Gasteiger partial charge >= 0.3 is 0 Å². The van der Waals surface area contributed by atoms with Gasteiger partial charge in [-0.3, -0.25) is 19.3 Å². The number of rotatable bonds is 6. The molecule has 30 heavy (non-hydrogen) atoms. The van der Waals surface area contributed by atoms with Crippen LogP contribution in [0.3, 0.4) is 0 Å². The lowest BCUT2D eigenvalue weighted by atomic mass is 10.1. The number of hydrogen-bond donors (Lipinski definition) is 0. The van der Waals surface area contributed by atoms with Gasteiger partial charge in [-0.15, -0.1) is 0 Å². The molecule has 0 spiro atoms. The van der Waals surface area contributed by atoms with Gasteiger partial charge in [-0.1, -0.05) is 0 Å². The van der Waals surface area contributed by atoms with Gasteiger partial charge in [0.05, 0.1) is 18.2 Å². The summed E-state index contributed by atoms with van der Waals surface area (Å²) in [4.78, 5) is 44.2. The molecule has 2 heterocycles. The minimum Gasteiger partial charge on any atom is -0.342 e. The van der Waals surface area contributed by atoms with Crippen molar-refractivity contribution in [3.05, 3.63) is 29.8 Å². The first-order valence-corrected chi connectivity index (χ1v) is 10.4. The number of benzene rings is 1. The van der Waals surface area contributed by atoms with Crippen molar-refractivity contribution in [2.24, 2.45) is 5.92 Å². The molecule has 0 aromatic heterocycles. The summed E-state index contributed by atoms with van der Waals surface area (Å²) in [5.74, 6) is -2.48. The highest BCUT2D eigenvalue weighted by atomic mass is 19.1. The summed E-state index contributed by atoms with van der Waals surface area (Å²) in [6.07, 6.45) is 0.0102. The van der Waals surface area contributed by atoms with Gasteiger partial charge in [0, 0.05) is 58.3 Å². The van der Waals surface area contributed by atoms with E-state index in [0.717, 1.165) is 12.1 Å². The van der Waals surface area contributed by atoms with E-state index in [1.807, 2.05) is 18.7 Å². The third-order valence-corrected chi connectivity index (χ3v) is 5.83. The highest BCUT2D eigenvalue weighted by Crippen LogP contribution is 2.29. The fraction of sp³-hybridized carbons (Fsp3) is 0.571. The highest BCUT2D eigenvalue weighted by Gasteiger charge is 2.38. The molecule has 2 saturated heterocycles. The normalized spacial score (nSPS) is 20.0. The lowest BCUT2D eigenvalue weighted by Crippen LogP contribution is -2.52. The van der Waals surface area contributed by atoms with Crippen molar-refractivity contribution in [3.63, 3.8) is 0 Å². The molecule has 0 bridgehead atoms. The summed E-state index contributed by atoms with van der Waals surface area (Å²) < 4.78 is 27.2. The Hall–Kier alpha value is -2.55. The quantitative estimate of drug-likeness (QED) is 0.694. The average molecular weight is 422 g/mol. The Bertz CT molecular complexity index is 807. The van der Waals surface area contributed by atoms with E-state index in [-0.39, 0.29) is 36.4 Å². The molecule has 2 aliphatic heterocycles. The summed E-state index contributed by atoms with van der Waals surface area (Å²) >= 11 is 0. The topological polar surface area (TPSA) is 64.2 Å². The lowest BCUT2D eigenvalue weighted by Gasteiger charge is -2.36. The first-order chi connectivity index (χ1) is 14.3. The number of carbonyl (C=O) groups excluding carboxylic acids is 3. The maximum absolute atomic E-state index is 14.0. The molecule has 0 saturated carbocycles. The van der Waals surface area contributed by atoms with Crippen LogP contribution in [-0.2, 0) is 14.4 Å². The second-order valence-electron chi connectivity index (χ2n) is 7.67. The van der Waals surface area contributed by atoms with Crippen LogP contribution in [0.15, 0.2) is 18.2 Å². The molecule has 7 nitrogen and oxygen atoms in total. The van der Waals surface area contributed by atoms with Crippen molar-refractivity contribution in [1.29, 1.82) is 0 Å². The molecule has 2 aliphatic rings. The fourth-order valence-corrected chi connectivity index (χ4v) is 4.06. The Morgan fingerprint density at radius 1 is 1.10 bits per heavy atom. The van der Waals surface area contributed by atoms with E-state index in [1.165, 1.54) is 11.0 Å². The molecule has 2 fully saturated rings. The molecule has 3 amide bonds. The zero-order valence-electron chi connectivity index (χ0n) is 17.4. The molecule has 0 radical (unpaired) electrons. The second-order valence-corrected chi connectivity index (χ2v) is 7.67. The first-order valence-electron chi connectivity index (χ1n) is 10.4. The number of likely N-dealkylation sites (N-methyl/N-ethyl adjacent to an activating group) is 1. The monoisotopic (exact) mass is 422 g/mol. The van der Waals surface area contributed by atoms with Gasteiger partial charge < -0.3 is 14.7 Å². The molecule has 0 N–H and O–H groups in total. The van der Waals surface area contributed by atoms with Crippen molar-refractivity contribution < 1.29 is 23.2 Å². The molecule has 1 atom stereocenters. The number of carbonyl (C=O) groups is 3. The third kappa shape index (κ3) is 4.77. The number of halogens is 2. The van der Waals surface area contributed by atoms with Crippen LogP contribution >= 0.6 is 0 Å². The van der Waals surface area contributed by atoms with Gasteiger partial charge in [-0.05, 0) is 26.0 Å². The van der Waals surface area contributed by atoms with Crippen LogP contribution in [0.1, 0.15) is 20.3 Å². The number of piperazine rings is 1. The smallest absolute Gasteiger partial charge is 0.236 e. The van der Waals surface area contributed by atoms with Gasteiger partial charge in [0.25, 0.3) is 0 Å². The minimum atomic E-state index is -0.817. The van der Waals surface area contributed by atoms with Crippen LogP contribution in [0.2, 0.25) is 0 Å². The molecule has 3 rings (SSSR count). The van der Waals surface area contributed by atoms with Gasteiger partial charge in [0.2, 0.25) is 17.7 Å². The highest BCUT2D eigenvalue weighted by molar-refractivity contribution is 6.00. The largest absolute Gasteiger partial charge is 0.342 e. The van der Waals surface area contributed by atoms with Crippen molar-refractivity contribution >= 4 is 23.4 Å². The Kier molecular flexibility index (Phi) is 7.02. The molecular formula is C21H28F2N4O3. The molecule has 164 valence electrons. The van der Waals surface area contributed by atoms with Gasteiger partial charge in [0.15, 0.2) is 0 Å². The van der Waals surface area contributed by atoms with Crippen molar-refractivity contribution in [1.82, 2.24) is 14.7 Å². The van der Waals surface area contributed by atoms with E-state index in [1.54, 1.807) is 9.80 Å². The number of hydrogen-bond acceptors (Lipinski definition) is 4. The van der Waals surface area contributed by atoms with Gasteiger partial charge in [-0.2, -0.15) is 0 Å². The maximum Gasteiger partial charge on any atom is 0.236 e. The molecule has 1 aromatic carbocycles. The molecule has 1 aromatic rings. The van der Waals surface area contributed by atoms with E-state index in [9.17, 15) is 23.2 Å². The summed E-state index contributed by atoms with van der Waals surface area (Å²) in [7, 11) is 0. The van der Waals surface area contributed by atoms with E-state index in [0.29, 0.717) is 45.8 Å².